The normalized spacial score (nSPS) is 18.0. The molecule has 0 aliphatic carbocycles. The molecule has 0 aromatic heterocycles. The van der Waals surface area contributed by atoms with E-state index in [0.717, 1.165) is 13.1 Å². The van der Waals surface area contributed by atoms with Gasteiger partial charge in [0, 0.05) is 31.9 Å². The van der Waals surface area contributed by atoms with E-state index in [1.807, 2.05) is 11.8 Å². The van der Waals surface area contributed by atoms with E-state index >= 15 is 0 Å². The fourth-order valence-electron chi connectivity index (χ4n) is 2.55. The molecule has 0 unspecified atom stereocenters. The van der Waals surface area contributed by atoms with Crippen LogP contribution >= 0.6 is 0 Å². The Balaban J connectivity index is 1.80. The van der Waals surface area contributed by atoms with E-state index in [2.05, 4.69) is 5.32 Å². The third kappa shape index (κ3) is 5.50. The van der Waals surface area contributed by atoms with Crippen molar-refractivity contribution >= 4 is 17.5 Å². The van der Waals surface area contributed by atoms with Crippen molar-refractivity contribution in [2.45, 2.75) is 13.0 Å². The summed E-state index contributed by atoms with van der Waals surface area (Å²) in [5, 5.41) is 2.77. The maximum atomic E-state index is 12.2. The van der Waals surface area contributed by atoms with Crippen molar-refractivity contribution in [3.63, 3.8) is 0 Å². The van der Waals surface area contributed by atoms with E-state index in [-0.39, 0.29) is 24.5 Å². The van der Waals surface area contributed by atoms with Gasteiger partial charge in [0.25, 0.3) is 0 Å². The zero-order valence-corrected chi connectivity index (χ0v) is 14.4. The van der Waals surface area contributed by atoms with Crippen molar-refractivity contribution in [2.75, 3.05) is 52.3 Å². The Labute approximate surface area is 142 Å². The first kappa shape index (κ1) is 18.2. The molecule has 24 heavy (non-hydrogen) atoms. The van der Waals surface area contributed by atoms with E-state index < -0.39 is 0 Å². The van der Waals surface area contributed by atoms with Gasteiger partial charge in [0.2, 0.25) is 11.8 Å². The van der Waals surface area contributed by atoms with Crippen LogP contribution in [-0.2, 0) is 14.3 Å². The van der Waals surface area contributed by atoms with Gasteiger partial charge in [-0.2, -0.15) is 0 Å². The second-order valence-corrected chi connectivity index (χ2v) is 5.95. The van der Waals surface area contributed by atoms with Crippen LogP contribution in [0.5, 0.6) is 5.75 Å². The molecule has 132 valence electrons. The standard InChI is InChI=1S/C17H25N3O4/c1-13-10-20(7-8-24-13)12-17(22)19(2)11-16(21)18-14-5-4-6-15(9-14)23-3/h4-6,9,13H,7-8,10-12H2,1-3H3,(H,18,21)/t13-/m0/s1. The zero-order valence-electron chi connectivity index (χ0n) is 14.4. The van der Waals surface area contributed by atoms with Gasteiger partial charge in [-0.25, -0.2) is 0 Å². The van der Waals surface area contributed by atoms with Crippen LogP contribution in [0.1, 0.15) is 6.92 Å². The lowest BCUT2D eigenvalue weighted by molar-refractivity contribution is -0.135. The molecule has 1 heterocycles. The quantitative estimate of drug-likeness (QED) is 0.833. The number of hydrogen-bond donors (Lipinski definition) is 1. The molecule has 1 fully saturated rings. The molecule has 1 aromatic rings. The van der Waals surface area contributed by atoms with Gasteiger partial charge in [0.15, 0.2) is 0 Å². The number of ether oxygens (including phenoxy) is 2. The highest BCUT2D eigenvalue weighted by Crippen LogP contribution is 2.16. The topological polar surface area (TPSA) is 71.1 Å². The van der Waals surface area contributed by atoms with Crippen LogP contribution in [-0.4, -0.2) is 74.7 Å². The van der Waals surface area contributed by atoms with Crippen LogP contribution in [0.4, 0.5) is 5.69 Å². The summed E-state index contributed by atoms with van der Waals surface area (Å²) < 4.78 is 10.6. The van der Waals surface area contributed by atoms with Crippen molar-refractivity contribution in [3.8, 4) is 5.75 Å². The minimum Gasteiger partial charge on any atom is -0.497 e. The van der Waals surface area contributed by atoms with Crippen LogP contribution in [0.2, 0.25) is 0 Å². The molecule has 1 aliphatic heterocycles. The number of morpholine rings is 1. The average molecular weight is 335 g/mol. The van der Waals surface area contributed by atoms with Gasteiger partial charge in [-0.15, -0.1) is 0 Å². The lowest BCUT2D eigenvalue weighted by Gasteiger charge is -2.31. The Bertz CT molecular complexity index is 579. The highest BCUT2D eigenvalue weighted by Gasteiger charge is 2.21. The van der Waals surface area contributed by atoms with Gasteiger partial charge in [-0.05, 0) is 19.1 Å². The summed E-state index contributed by atoms with van der Waals surface area (Å²) in [5.41, 5.74) is 0.641. The third-order valence-corrected chi connectivity index (χ3v) is 3.84. The van der Waals surface area contributed by atoms with Crippen molar-refractivity contribution < 1.29 is 19.1 Å². The summed E-state index contributed by atoms with van der Waals surface area (Å²) in [6.07, 6.45) is 0.133. The molecule has 0 bridgehead atoms. The van der Waals surface area contributed by atoms with Gasteiger partial charge in [-0.1, -0.05) is 6.07 Å². The first-order chi connectivity index (χ1) is 11.5. The van der Waals surface area contributed by atoms with E-state index in [1.165, 1.54) is 4.90 Å². The summed E-state index contributed by atoms with van der Waals surface area (Å²) in [7, 11) is 3.21. The van der Waals surface area contributed by atoms with Gasteiger partial charge in [0.1, 0.15) is 5.75 Å². The lowest BCUT2D eigenvalue weighted by atomic mass is 10.3. The van der Waals surface area contributed by atoms with Crippen LogP contribution in [0, 0.1) is 0 Å². The summed E-state index contributed by atoms with van der Waals surface area (Å²) in [6.45, 7) is 4.40. The maximum absolute atomic E-state index is 12.2. The molecule has 7 heteroatoms. The molecule has 2 amide bonds. The van der Waals surface area contributed by atoms with Crippen molar-refractivity contribution in [1.29, 1.82) is 0 Å². The number of carbonyl (C=O) groups excluding carboxylic acids is 2. The lowest BCUT2D eigenvalue weighted by Crippen LogP contribution is -2.47. The number of likely N-dealkylation sites (N-methyl/N-ethyl adjacent to an activating group) is 1. The van der Waals surface area contributed by atoms with Gasteiger partial charge >= 0.3 is 0 Å². The van der Waals surface area contributed by atoms with Crippen molar-refractivity contribution in [3.05, 3.63) is 24.3 Å². The monoisotopic (exact) mass is 335 g/mol. The Morgan fingerprint density at radius 1 is 1.46 bits per heavy atom. The number of carbonyl (C=O) groups is 2. The summed E-state index contributed by atoms with van der Waals surface area (Å²) in [4.78, 5) is 27.8. The number of amides is 2. The first-order valence-electron chi connectivity index (χ1n) is 7.99. The molecular formula is C17H25N3O4. The number of anilines is 1. The Morgan fingerprint density at radius 3 is 2.96 bits per heavy atom. The molecule has 0 radical (unpaired) electrons. The van der Waals surface area contributed by atoms with Crippen LogP contribution < -0.4 is 10.1 Å². The zero-order chi connectivity index (χ0) is 17.5. The smallest absolute Gasteiger partial charge is 0.243 e. The average Bonchev–Trinajstić information content (AvgIpc) is 2.54. The number of rotatable bonds is 6. The molecule has 0 spiro atoms. The summed E-state index contributed by atoms with van der Waals surface area (Å²) >= 11 is 0. The van der Waals surface area contributed by atoms with Crippen LogP contribution in [0.25, 0.3) is 0 Å². The van der Waals surface area contributed by atoms with Gasteiger partial charge < -0.3 is 19.7 Å². The predicted octanol–water partition coefficient (Wildman–Crippen LogP) is 0.813. The van der Waals surface area contributed by atoms with Crippen LogP contribution in [0.15, 0.2) is 24.3 Å². The summed E-state index contributed by atoms with van der Waals surface area (Å²) in [6, 6.07) is 7.10. The second kappa shape index (κ2) is 8.65. The fourth-order valence-corrected chi connectivity index (χ4v) is 2.55. The molecule has 1 aromatic carbocycles. The van der Waals surface area contributed by atoms with Crippen LogP contribution in [0.3, 0.4) is 0 Å². The largest absolute Gasteiger partial charge is 0.497 e. The summed E-state index contributed by atoms with van der Waals surface area (Å²) in [5.74, 6) is 0.345. The van der Waals surface area contributed by atoms with Crippen molar-refractivity contribution in [2.24, 2.45) is 0 Å². The molecule has 2 rings (SSSR count). The predicted molar refractivity (Wildman–Crippen MR) is 91.1 cm³/mol. The Hall–Kier alpha value is -2.12. The molecule has 7 nitrogen and oxygen atoms in total. The minimum absolute atomic E-state index is 0.00986. The Kier molecular flexibility index (Phi) is 6.57. The number of nitrogens with one attached hydrogen (secondary N) is 1. The van der Waals surface area contributed by atoms with E-state index in [0.29, 0.717) is 24.6 Å². The molecule has 1 saturated heterocycles. The SMILES string of the molecule is COc1cccc(NC(=O)CN(C)C(=O)CN2CCO[C@@H](C)C2)c1. The third-order valence-electron chi connectivity index (χ3n) is 3.84. The molecule has 1 atom stereocenters. The highest BCUT2D eigenvalue weighted by atomic mass is 16.5. The molecular weight excluding hydrogens is 310 g/mol. The molecule has 1 aliphatic rings. The highest BCUT2D eigenvalue weighted by molar-refractivity contribution is 5.94. The Morgan fingerprint density at radius 2 is 2.25 bits per heavy atom. The van der Waals surface area contributed by atoms with Crippen molar-refractivity contribution in [1.82, 2.24) is 9.80 Å². The number of benzene rings is 1. The number of hydrogen-bond acceptors (Lipinski definition) is 5. The maximum Gasteiger partial charge on any atom is 0.243 e. The molecule has 1 N–H and O–H groups in total. The number of methoxy groups -OCH3 is 1. The van der Waals surface area contributed by atoms with Gasteiger partial charge in [-0.3, -0.25) is 14.5 Å². The second-order valence-electron chi connectivity index (χ2n) is 5.95. The van der Waals surface area contributed by atoms with E-state index in [1.54, 1.807) is 38.4 Å². The minimum atomic E-state index is -0.241. The van der Waals surface area contributed by atoms with E-state index in [4.69, 9.17) is 9.47 Å². The fraction of sp³-hybridized carbons (Fsp3) is 0.529. The number of nitrogens with zero attached hydrogens (tertiary/aromatic N) is 2. The van der Waals surface area contributed by atoms with E-state index in [9.17, 15) is 9.59 Å². The molecule has 0 saturated carbocycles. The first-order valence-corrected chi connectivity index (χ1v) is 7.99. The van der Waals surface area contributed by atoms with Gasteiger partial charge in [0.05, 0.1) is 32.9 Å².